The third kappa shape index (κ3) is 2.97. The van der Waals surface area contributed by atoms with Crippen LogP contribution < -0.4 is 10.1 Å². The van der Waals surface area contributed by atoms with Crippen molar-refractivity contribution in [2.45, 2.75) is 0 Å². The Labute approximate surface area is 113 Å². The summed E-state index contributed by atoms with van der Waals surface area (Å²) in [7, 11) is 1.42. The molecule has 1 N–H and O–H groups in total. The highest BCUT2D eigenvalue weighted by Gasteiger charge is 2.16. The van der Waals surface area contributed by atoms with Gasteiger partial charge in [-0.2, -0.15) is 0 Å². The number of amides is 1. The number of benzene rings is 1. The molecule has 0 saturated carbocycles. The van der Waals surface area contributed by atoms with Crippen LogP contribution in [0.15, 0.2) is 30.6 Å². The van der Waals surface area contributed by atoms with Gasteiger partial charge in [-0.25, -0.2) is 14.4 Å². The van der Waals surface area contributed by atoms with Crippen molar-refractivity contribution >= 4 is 23.2 Å². The minimum Gasteiger partial charge on any atom is -0.467 e. The maximum absolute atomic E-state index is 13.5. The summed E-state index contributed by atoms with van der Waals surface area (Å²) in [5.74, 6) is -1.36. The normalized spacial score (nSPS) is 10.1. The Hall–Kier alpha value is -2.21. The predicted octanol–water partition coefficient (Wildman–Crippen LogP) is 2.53. The van der Waals surface area contributed by atoms with Crippen LogP contribution in [0.1, 0.15) is 10.4 Å². The Morgan fingerprint density at radius 2 is 2.05 bits per heavy atom. The van der Waals surface area contributed by atoms with Gasteiger partial charge in [0.2, 0.25) is 0 Å². The van der Waals surface area contributed by atoms with Gasteiger partial charge in [0.1, 0.15) is 5.82 Å². The molecule has 0 aliphatic heterocycles. The molecule has 0 fully saturated rings. The van der Waals surface area contributed by atoms with E-state index in [1.54, 1.807) is 0 Å². The fourth-order valence-corrected chi connectivity index (χ4v) is 1.64. The number of hydrogen-bond acceptors (Lipinski definition) is 4. The van der Waals surface area contributed by atoms with Crippen molar-refractivity contribution in [3.8, 4) is 6.01 Å². The molecule has 1 aromatic heterocycles. The van der Waals surface area contributed by atoms with Crippen LogP contribution in [0.2, 0.25) is 5.02 Å². The predicted molar refractivity (Wildman–Crippen MR) is 67.9 cm³/mol. The highest BCUT2D eigenvalue weighted by molar-refractivity contribution is 6.34. The Morgan fingerprint density at radius 3 is 2.63 bits per heavy atom. The maximum atomic E-state index is 13.5. The zero-order chi connectivity index (χ0) is 13.8. The molecule has 0 saturated heterocycles. The van der Waals surface area contributed by atoms with Crippen molar-refractivity contribution in [3.05, 3.63) is 47.0 Å². The first kappa shape index (κ1) is 13.2. The number of nitrogens with zero attached hydrogens (tertiary/aromatic N) is 2. The minimum atomic E-state index is -0.695. The van der Waals surface area contributed by atoms with Gasteiger partial charge in [0.05, 0.1) is 35.8 Å². The van der Waals surface area contributed by atoms with Crippen molar-refractivity contribution in [1.82, 2.24) is 9.97 Å². The zero-order valence-corrected chi connectivity index (χ0v) is 10.6. The van der Waals surface area contributed by atoms with E-state index in [0.717, 1.165) is 6.07 Å². The van der Waals surface area contributed by atoms with Crippen LogP contribution in [0.25, 0.3) is 0 Å². The molecule has 1 aromatic carbocycles. The SMILES string of the molecule is COc1ncc(NC(=O)c2c(F)cccc2Cl)cn1. The van der Waals surface area contributed by atoms with Gasteiger partial charge in [-0.15, -0.1) is 0 Å². The Morgan fingerprint density at radius 1 is 1.37 bits per heavy atom. The van der Waals surface area contributed by atoms with Crippen molar-refractivity contribution in [2.75, 3.05) is 12.4 Å². The molecule has 0 unspecified atom stereocenters. The van der Waals surface area contributed by atoms with Crippen LogP contribution in [-0.2, 0) is 0 Å². The number of aromatic nitrogens is 2. The van der Waals surface area contributed by atoms with Gasteiger partial charge in [-0.3, -0.25) is 4.79 Å². The third-order valence-electron chi connectivity index (χ3n) is 2.26. The summed E-state index contributed by atoms with van der Waals surface area (Å²) >= 11 is 5.79. The van der Waals surface area contributed by atoms with Crippen molar-refractivity contribution in [2.24, 2.45) is 0 Å². The highest BCUT2D eigenvalue weighted by atomic mass is 35.5. The molecular weight excluding hydrogens is 273 g/mol. The molecule has 1 amide bonds. The smallest absolute Gasteiger partial charge is 0.316 e. The van der Waals surface area contributed by atoms with Crippen LogP contribution in [0, 0.1) is 5.82 Å². The molecule has 0 aliphatic carbocycles. The molecule has 19 heavy (non-hydrogen) atoms. The minimum absolute atomic E-state index is 0.0342. The van der Waals surface area contributed by atoms with Crippen LogP contribution in [-0.4, -0.2) is 23.0 Å². The molecule has 0 atom stereocenters. The Bertz CT molecular complexity index is 584. The lowest BCUT2D eigenvalue weighted by Crippen LogP contribution is -2.14. The molecule has 2 aromatic rings. The first-order valence-corrected chi connectivity index (χ1v) is 5.61. The van der Waals surface area contributed by atoms with E-state index in [1.165, 1.54) is 31.6 Å². The van der Waals surface area contributed by atoms with Gasteiger partial charge in [-0.05, 0) is 12.1 Å². The summed E-state index contributed by atoms with van der Waals surface area (Å²) < 4.78 is 18.3. The first-order chi connectivity index (χ1) is 9.11. The van der Waals surface area contributed by atoms with E-state index in [2.05, 4.69) is 15.3 Å². The highest BCUT2D eigenvalue weighted by Crippen LogP contribution is 2.20. The average Bonchev–Trinajstić information content (AvgIpc) is 2.39. The molecule has 0 bridgehead atoms. The number of hydrogen-bond donors (Lipinski definition) is 1. The standard InChI is InChI=1S/C12H9ClFN3O2/c1-19-12-15-5-7(6-16-12)17-11(18)10-8(13)3-2-4-9(10)14/h2-6H,1H3,(H,17,18). The summed E-state index contributed by atoms with van der Waals surface area (Å²) in [5.41, 5.74) is 0.0881. The summed E-state index contributed by atoms with van der Waals surface area (Å²) in [4.78, 5) is 19.5. The topological polar surface area (TPSA) is 64.1 Å². The fraction of sp³-hybridized carbons (Fsp3) is 0.0833. The van der Waals surface area contributed by atoms with E-state index < -0.39 is 11.7 Å². The summed E-state index contributed by atoms with van der Waals surface area (Å²) in [6.45, 7) is 0. The Kier molecular flexibility index (Phi) is 3.91. The molecule has 5 nitrogen and oxygen atoms in total. The van der Waals surface area contributed by atoms with E-state index in [4.69, 9.17) is 16.3 Å². The lowest BCUT2D eigenvalue weighted by atomic mass is 10.2. The molecular formula is C12H9ClFN3O2. The molecule has 7 heteroatoms. The molecule has 2 rings (SSSR count). The van der Waals surface area contributed by atoms with E-state index in [9.17, 15) is 9.18 Å². The number of carbonyl (C=O) groups is 1. The monoisotopic (exact) mass is 281 g/mol. The van der Waals surface area contributed by atoms with Crippen molar-refractivity contribution < 1.29 is 13.9 Å². The number of carbonyl (C=O) groups excluding carboxylic acids is 1. The molecule has 1 heterocycles. The summed E-state index contributed by atoms with van der Waals surface area (Å²) in [6.07, 6.45) is 2.69. The Balaban J connectivity index is 2.21. The van der Waals surface area contributed by atoms with E-state index in [1.807, 2.05) is 0 Å². The van der Waals surface area contributed by atoms with Gasteiger partial charge in [0, 0.05) is 0 Å². The van der Waals surface area contributed by atoms with Crippen LogP contribution in [0.5, 0.6) is 6.01 Å². The van der Waals surface area contributed by atoms with Crippen LogP contribution in [0.4, 0.5) is 10.1 Å². The van der Waals surface area contributed by atoms with Gasteiger partial charge in [-0.1, -0.05) is 17.7 Å². The van der Waals surface area contributed by atoms with E-state index >= 15 is 0 Å². The number of rotatable bonds is 3. The molecule has 0 radical (unpaired) electrons. The van der Waals surface area contributed by atoms with E-state index in [-0.39, 0.29) is 16.6 Å². The fourth-order valence-electron chi connectivity index (χ4n) is 1.39. The zero-order valence-electron chi connectivity index (χ0n) is 9.85. The number of anilines is 1. The number of methoxy groups -OCH3 is 1. The summed E-state index contributed by atoms with van der Waals surface area (Å²) in [6, 6.07) is 4.18. The van der Waals surface area contributed by atoms with Gasteiger partial charge in [0.15, 0.2) is 0 Å². The largest absolute Gasteiger partial charge is 0.467 e. The second-order valence-corrected chi connectivity index (χ2v) is 3.92. The lowest BCUT2D eigenvalue weighted by Gasteiger charge is -2.07. The van der Waals surface area contributed by atoms with Gasteiger partial charge >= 0.3 is 6.01 Å². The third-order valence-corrected chi connectivity index (χ3v) is 2.57. The molecule has 98 valence electrons. The van der Waals surface area contributed by atoms with Crippen LogP contribution >= 0.6 is 11.6 Å². The first-order valence-electron chi connectivity index (χ1n) is 5.23. The molecule has 0 aliphatic rings. The van der Waals surface area contributed by atoms with E-state index in [0.29, 0.717) is 5.69 Å². The number of nitrogens with one attached hydrogen (secondary N) is 1. The second-order valence-electron chi connectivity index (χ2n) is 3.51. The van der Waals surface area contributed by atoms with Crippen LogP contribution in [0.3, 0.4) is 0 Å². The maximum Gasteiger partial charge on any atom is 0.316 e. The number of halogens is 2. The summed E-state index contributed by atoms with van der Waals surface area (Å²) in [5, 5.41) is 2.48. The second kappa shape index (κ2) is 5.62. The van der Waals surface area contributed by atoms with Crippen molar-refractivity contribution in [3.63, 3.8) is 0 Å². The molecule has 0 spiro atoms. The van der Waals surface area contributed by atoms with Crippen molar-refractivity contribution in [1.29, 1.82) is 0 Å². The number of ether oxygens (including phenoxy) is 1. The quantitative estimate of drug-likeness (QED) is 0.939. The van der Waals surface area contributed by atoms with Gasteiger partial charge < -0.3 is 10.1 Å². The average molecular weight is 282 g/mol. The lowest BCUT2D eigenvalue weighted by molar-refractivity contribution is 0.102. The van der Waals surface area contributed by atoms with Gasteiger partial charge in [0.25, 0.3) is 5.91 Å².